The number of hydrogen-bond donors (Lipinski definition) is 1. The average molecular weight is 298 g/mol. The third-order valence-electron chi connectivity index (χ3n) is 2.73. The summed E-state index contributed by atoms with van der Waals surface area (Å²) in [6, 6.07) is 9.53. The third-order valence-corrected chi connectivity index (χ3v) is 3.69. The molecule has 2 nitrogen and oxygen atoms in total. The maximum absolute atomic E-state index is 6.17. The minimum atomic E-state index is 0.251. The summed E-state index contributed by atoms with van der Waals surface area (Å²) >= 11 is 18.0. The quantitative estimate of drug-likeness (QED) is 0.615. The zero-order valence-corrected chi connectivity index (χ0v) is 11.3. The van der Waals surface area contributed by atoms with Gasteiger partial charge in [-0.05, 0) is 12.1 Å². The summed E-state index contributed by atoms with van der Waals surface area (Å²) in [7, 11) is 0. The van der Waals surface area contributed by atoms with E-state index in [1.165, 1.54) is 0 Å². The second kappa shape index (κ2) is 4.47. The van der Waals surface area contributed by atoms with Gasteiger partial charge in [-0.1, -0.05) is 53.0 Å². The Morgan fingerprint density at radius 2 is 1.78 bits per heavy atom. The molecule has 0 saturated heterocycles. The summed E-state index contributed by atoms with van der Waals surface area (Å²) in [5.74, 6) is 0. The molecule has 0 amide bonds. The first-order chi connectivity index (χ1) is 8.66. The van der Waals surface area contributed by atoms with Crippen molar-refractivity contribution in [3.8, 4) is 11.3 Å². The van der Waals surface area contributed by atoms with Crippen molar-refractivity contribution >= 4 is 45.7 Å². The van der Waals surface area contributed by atoms with E-state index in [4.69, 9.17) is 34.8 Å². The molecule has 0 fully saturated rings. The van der Waals surface area contributed by atoms with Crippen LogP contribution in [0.3, 0.4) is 0 Å². The Labute approximate surface area is 119 Å². The fraction of sp³-hybridized carbons (Fsp3) is 0. The molecule has 18 heavy (non-hydrogen) atoms. The van der Waals surface area contributed by atoms with Gasteiger partial charge in [-0.2, -0.15) is 0 Å². The molecule has 2 heterocycles. The van der Waals surface area contributed by atoms with Gasteiger partial charge in [0.15, 0.2) is 0 Å². The summed E-state index contributed by atoms with van der Waals surface area (Å²) in [5, 5.41) is 2.13. The number of aromatic amines is 1. The topological polar surface area (TPSA) is 28.7 Å². The first kappa shape index (κ1) is 11.8. The molecule has 1 aromatic carbocycles. The molecule has 0 aliphatic carbocycles. The molecule has 3 rings (SSSR count). The lowest BCUT2D eigenvalue weighted by Gasteiger charge is -2.04. The summed E-state index contributed by atoms with van der Waals surface area (Å²) in [5.41, 5.74) is 2.56. The first-order valence-corrected chi connectivity index (χ1v) is 6.38. The molecule has 2 aromatic heterocycles. The van der Waals surface area contributed by atoms with Gasteiger partial charge in [-0.15, -0.1) is 0 Å². The molecule has 0 bridgehead atoms. The van der Waals surface area contributed by atoms with Crippen LogP contribution in [0, 0.1) is 0 Å². The fourth-order valence-electron chi connectivity index (χ4n) is 1.90. The molecule has 0 saturated carbocycles. The van der Waals surface area contributed by atoms with Gasteiger partial charge in [0, 0.05) is 22.7 Å². The van der Waals surface area contributed by atoms with Gasteiger partial charge < -0.3 is 4.98 Å². The molecule has 3 aromatic rings. The molecular weight excluding hydrogens is 291 g/mol. The van der Waals surface area contributed by atoms with E-state index in [1.807, 2.05) is 30.5 Å². The largest absolute Gasteiger partial charge is 0.360 e. The van der Waals surface area contributed by atoms with E-state index in [1.54, 1.807) is 6.07 Å². The Morgan fingerprint density at radius 1 is 1.00 bits per heavy atom. The van der Waals surface area contributed by atoms with Crippen molar-refractivity contribution in [2.45, 2.75) is 0 Å². The van der Waals surface area contributed by atoms with Crippen LogP contribution >= 0.6 is 34.8 Å². The van der Waals surface area contributed by atoms with E-state index in [0.717, 1.165) is 16.5 Å². The van der Waals surface area contributed by atoms with E-state index in [-0.39, 0.29) is 5.15 Å². The molecule has 90 valence electrons. The summed E-state index contributed by atoms with van der Waals surface area (Å²) in [6.07, 6.45) is 1.86. The highest BCUT2D eigenvalue weighted by molar-refractivity contribution is 6.43. The zero-order chi connectivity index (χ0) is 12.7. The summed E-state index contributed by atoms with van der Waals surface area (Å²) in [6.45, 7) is 0. The number of aromatic nitrogens is 2. The van der Waals surface area contributed by atoms with Crippen molar-refractivity contribution in [2.75, 3.05) is 0 Å². The maximum atomic E-state index is 6.17. The van der Waals surface area contributed by atoms with Crippen molar-refractivity contribution in [2.24, 2.45) is 0 Å². The van der Waals surface area contributed by atoms with Gasteiger partial charge in [-0.3, -0.25) is 0 Å². The Bertz CT molecular complexity index is 734. The van der Waals surface area contributed by atoms with Crippen LogP contribution in [0.15, 0.2) is 36.5 Å². The van der Waals surface area contributed by atoms with Gasteiger partial charge in [0.2, 0.25) is 0 Å². The van der Waals surface area contributed by atoms with E-state index >= 15 is 0 Å². The number of nitrogens with one attached hydrogen (secondary N) is 1. The summed E-state index contributed by atoms with van der Waals surface area (Å²) in [4.78, 5) is 7.42. The molecule has 0 atom stereocenters. The van der Waals surface area contributed by atoms with E-state index in [0.29, 0.717) is 15.7 Å². The molecule has 0 aliphatic heterocycles. The van der Waals surface area contributed by atoms with Crippen molar-refractivity contribution in [3.63, 3.8) is 0 Å². The first-order valence-electron chi connectivity index (χ1n) is 5.25. The second-order valence-corrected chi connectivity index (χ2v) is 5.01. The lowest BCUT2D eigenvalue weighted by atomic mass is 10.1. The standard InChI is InChI=1S/C13H7Cl3N2/c14-9-5-10(15)13(16)18-12(9)8-6-17-11-4-2-1-3-7(8)11/h1-6,17H. The molecule has 0 radical (unpaired) electrons. The lowest BCUT2D eigenvalue weighted by Crippen LogP contribution is -1.86. The van der Waals surface area contributed by atoms with Crippen LogP contribution in [0.25, 0.3) is 22.2 Å². The van der Waals surface area contributed by atoms with Gasteiger partial charge in [-0.25, -0.2) is 4.98 Å². The van der Waals surface area contributed by atoms with Crippen molar-refractivity contribution < 1.29 is 0 Å². The Hall–Kier alpha value is -1.22. The Balaban J connectivity index is 2.29. The molecule has 0 spiro atoms. The van der Waals surface area contributed by atoms with Crippen molar-refractivity contribution in [3.05, 3.63) is 51.7 Å². The normalized spacial score (nSPS) is 11.1. The second-order valence-electron chi connectivity index (χ2n) is 3.84. The predicted octanol–water partition coefficient (Wildman–Crippen LogP) is 5.19. The van der Waals surface area contributed by atoms with E-state index in [2.05, 4.69) is 9.97 Å². The van der Waals surface area contributed by atoms with Gasteiger partial charge in [0.05, 0.1) is 15.7 Å². The van der Waals surface area contributed by atoms with Crippen LogP contribution in [-0.4, -0.2) is 9.97 Å². The Kier molecular flexibility index (Phi) is 2.94. The van der Waals surface area contributed by atoms with Crippen LogP contribution in [0.5, 0.6) is 0 Å². The van der Waals surface area contributed by atoms with Gasteiger partial charge >= 0.3 is 0 Å². The molecule has 0 unspecified atom stereocenters. The number of rotatable bonds is 1. The Morgan fingerprint density at radius 3 is 2.61 bits per heavy atom. The van der Waals surface area contributed by atoms with Crippen LogP contribution in [0.4, 0.5) is 0 Å². The number of nitrogens with zero attached hydrogens (tertiary/aromatic N) is 1. The molecule has 0 aliphatic rings. The smallest absolute Gasteiger partial charge is 0.148 e. The minimum absolute atomic E-state index is 0.251. The maximum Gasteiger partial charge on any atom is 0.148 e. The van der Waals surface area contributed by atoms with E-state index < -0.39 is 0 Å². The van der Waals surface area contributed by atoms with Crippen molar-refractivity contribution in [1.82, 2.24) is 9.97 Å². The third kappa shape index (κ3) is 1.87. The predicted molar refractivity (Wildman–Crippen MR) is 76.6 cm³/mol. The highest BCUT2D eigenvalue weighted by Gasteiger charge is 2.13. The number of H-pyrrole nitrogens is 1. The van der Waals surface area contributed by atoms with Crippen LogP contribution in [0.2, 0.25) is 15.2 Å². The highest BCUT2D eigenvalue weighted by atomic mass is 35.5. The molecular formula is C13H7Cl3N2. The van der Waals surface area contributed by atoms with Crippen molar-refractivity contribution in [1.29, 1.82) is 0 Å². The van der Waals surface area contributed by atoms with Crippen LogP contribution in [-0.2, 0) is 0 Å². The van der Waals surface area contributed by atoms with Crippen LogP contribution < -0.4 is 0 Å². The monoisotopic (exact) mass is 296 g/mol. The number of hydrogen-bond acceptors (Lipinski definition) is 1. The van der Waals surface area contributed by atoms with Crippen LogP contribution in [0.1, 0.15) is 0 Å². The lowest BCUT2D eigenvalue weighted by molar-refractivity contribution is 1.33. The zero-order valence-electron chi connectivity index (χ0n) is 9.05. The minimum Gasteiger partial charge on any atom is -0.360 e. The summed E-state index contributed by atoms with van der Waals surface area (Å²) < 4.78 is 0. The van der Waals surface area contributed by atoms with Gasteiger partial charge in [0.1, 0.15) is 5.15 Å². The number of para-hydroxylation sites is 1. The van der Waals surface area contributed by atoms with Gasteiger partial charge in [0.25, 0.3) is 0 Å². The number of halogens is 3. The fourth-order valence-corrected chi connectivity index (χ4v) is 2.50. The SMILES string of the molecule is Clc1cc(Cl)c(-c2c[nH]c3ccccc23)nc1Cl. The highest BCUT2D eigenvalue weighted by Crippen LogP contribution is 2.35. The average Bonchev–Trinajstić information content (AvgIpc) is 2.78. The number of pyridine rings is 1. The van der Waals surface area contributed by atoms with E-state index in [9.17, 15) is 0 Å². The molecule has 5 heteroatoms. The number of fused-ring (bicyclic) bond motifs is 1. The molecule has 1 N–H and O–H groups in total. The number of benzene rings is 1.